The Balaban J connectivity index is 2.18. The Labute approximate surface area is 91.0 Å². The average molecular weight is 197 g/mol. The van der Waals surface area contributed by atoms with Gasteiger partial charge in [-0.3, -0.25) is 0 Å². The molecule has 0 fully saturated rings. The molecule has 0 saturated heterocycles. The number of anilines is 1. The van der Waals surface area contributed by atoms with Crippen LogP contribution in [0.15, 0.2) is 35.9 Å². The maximum absolute atomic E-state index is 5.81. The van der Waals surface area contributed by atoms with Crippen molar-refractivity contribution in [1.29, 1.82) is 0 Å². The van der Waals surface area contributed by atoms with Crippen LogP contribution in [0.2, 0.25) is 0 Å². The lowest BCUT2D eigenvalue weighted by molar-refractivity contribution is 0.715. The Kier molecular flexibility index (Phi) is 3.09. The van der Waals surface area contributed by atoms with Gasteiger partial charge in [0.2, 0.25) is 0 Å². The standard InChI is InChI=1S/C14H15N/c15-14-9-5-4-8-13(14)11-10-12-6-2-1-3-7-12/h4-6,8-9H,1-3,7,15H2. The zero-order valence-corrected chi connectivity index (χ0v) is 8.79. The monoisotopic (exact) mass is 197 g/mol. The molecule has 1 aromatic carbocycles. The van der Waals surface area contributed by atoms with Gasteiger partial charge in [-0.05, 0) is 43.4 Å². The van der Waals surface area contributed by atoms with Crippen molar-refractivity contribution in [3.05, 3.63) is 41.5 Å². The van der Waals surface area contributed by atoms with Crippen molar-refractivity contribution in [2.24, 2.45) is 0 Å². The lowest BCUT2D eigenvalue weighted by Gasteiger charge is -2.05. The topological polar surface area (TPSA) is 26.0 Å². The smallest absolute Gasteiger partial charge is 0.0478 e. The molecule has 0 bridgehead atoms. The molecule has 76 valence electrons. The highest BCUT2D eigenvalue weighted by Crippen LogP contribution is 2.16. The van der Waals surface area contributed by atoms with E-state index in [9.17, 15) is 0 Å². The van der Waals surface area contributed by atoms with Crippen LogP contribution in [-0.4, -0.2) is 0 Å². The SMILES string of the molecule is Nc1ccccc1C#CC1=CCCCC1. The minimum absolute atomic E-state index is 0.765. The molecule has 2 rings (SSSR count). The summed E-state index contributed by atoms with van der Waals surface area (Å²) in [6, 6.07) is 7.75. The molecule has 0 aliphatic heterocycles. The molecule has 0 heterocycles. The minimum Gasteiger partial charge on any atom is -0.398 e. The highest BCUT2D eigenvalue weighted by molar-refractivity contribution is 5.56. The maximum atomic E-state index is 5.81. The van der Waals surface area contributed by atoms with Crippen LogP contribution in [0.5, 0.6) is 0 Å². The van der Waals surface area contributed by atoms with Crippen LogP contribution < -0.4 is 5.73 Å². The molecule has 0 aromatic heterocycles. The third-order valence-corrected chi connectivity index (χ3v) is 2.61. The Bertz CT molecular complexity index is 432. The van der Waals surface area contributed by atoms with E-state index in [-0.39, 0.29) is 0 Å². The molecule has 1 nitrogen and oxygen atoms in total. The number of nitrogens with two attached hydrogens (primary N) is 1. The fraction of sp³-hybridized carbons (Fsp3) is 0.286. The Morgan fingerprint density at radius 2 is 1.93 bits per heavy atom. The summed E-state index contributed by atoms with van der Waals surface area (Å²) in [4.78, 5) is 0. The average Bonchev–Trinajstić information content (AvgIpc) is 2.29. The van der Waals surface area contributed by atoms with E-state index in [4.69, 9.17) is 5.73 Å². The first-order chi connectivity index (χ1) is 7.36. The van der Waals surface area contributed by atoms with Crippen LogP contribution in [0, 0.1) is 11.8 Å². The normalized spacial score (nSPS) is 15.1. The first-order valence-corrected chi connectivity index (χ1v) is 5.42. The van der Waals surface area contributed by atoms with Gasteiger partial charge >= 0.3 is 0 Å². The third kappa shape index (κ3) is 2.63. The largest absolute Gasteiger partial charge is 0.398 e. The van der Waals surface area contributed by atoms with Gasteiger partial charge in [0.1, 0.15) is 0 Å². The number of hydrogen-bond acceptors (Lipinski definition) is 1. The molecule has 1 aliphatic rings. The molecule has 2 N–H and O–H groups in total. The van der Waals surface area contributed by atoms with Gasteiger partial charge in [0.15, 0.2) is 0 Å². The summed E-state index contributed by atoms with van der Waals surface area (Å²) in [6.07, 6.45) is 7.12. The van der Waals surface area contributed by atoms with Gasteiger partial charge in [-0.1, -0.05) is 30.0 Å². The van der Waals surface area contributed by atoms with Crippen LogP contribution in [0.25, 0.3) is 0 Å². The number of rotatable bonds is 0. The van der Waals surface area contributed by atoms with Crippen molar-refractivity contribution >= 4 is 5.69 Å². The van der Waals surface area contributed by atoms with Crippen LogP contribution >= 0.6 is 0 Å². The lowest BCUT2D eigenvalue weighted by Crippen LogP contribution is -1.90. The van der Waals surface area contributed by atoms with Crippen LogP contribution in [0.3, 0.4) is 0 Å². The molecule has 0 radical (unpaired) electrons. The fourth-order valence-corrected chi connectivity index (χ4v) is 1.71. The molecule has 0 unspecified atom stereocenters. The quantitative estimate of drug-likeness (QED) is 0.502. The fourth-order valence-electron chi connectivity index (χ4n) is 1.71. The summed E-state index contributed by atoms with van der Waals surface area (Å²) in [5, 5.41) is 0. The highest BCUT2D eigenvalue weighted by atomic mass is 14.5. The molecule has 0 amide bonds. The summed E-state index contributed by atoms with van der Waals surface area (Å²) < 4.78 is 0. The van der Waals surface area contributed by atoms with E-state index >= 15 is 0 Å². The maximum Gasteiger partial charge on any atom is 0.0478 e. The van der Waals surface area contributed by atoms with E-state index < -0.39 is 0 Å². The summed E-state index contributed by atoms with van der Waals surface area (Å²) >= 11 is 0. The van der Waals surface area contributed by atoms with E-state index in [1.54, 1.807) is 0 Å². The minimum atomic E-state index is 0.765. The van der Waals surface area contributed by atoms with Crippen LogP contribution in [0.1, 0.15) is 31.2 Å². The van der Waals surface area contributed by atoms with Gasteiger partial charge in [0, 0.05) is 11.3 Å². The Morgan fingerprint density at radius 1 is 1.07 bits per heavy atom. The predicted octanol–water partition coefficient (Wildman–Crippen LogP) is 3.12. The summed E-state index contributed by atoms with van der Waals surface area (Å²) in [7, 11) is 0. The second-order valence-corrected chi connectivity index (χ2v) is 3.81. The van der Waals surface area contributed by atoms with Gasteiger partial charge < -0.3 is 5.73 Å². The molecule has 15 heavy (non-hydrogen) atoms. The van der Waals surface area contributed by atoms with Crippen molar-refractivity contribution in [2.75, 3.05) is 5.73 Å². The number of nitrogen functional groups attached to an aromatic ring is 1. The third-order valence-electron chi connectivity index (χ3n) is 2.61. The first-order valence-electron chi connectivity index (χ1n) is 5.42. The molecule has 0 atom stereocenters. The van der Waals surface area contributed by atoms with Crippen molar-refractivity contribution in [3.8, 4) is 11.8 Å². The Morgan fingerprint density at radius 3 is 2.67 bits per heavy atom. The summed E-state index contributed by atoms with van der Waals surface area (Å²) in [6.45, 7) is 0. The molecule has 1 aromatic rings. The van der Waals surface area contributed by atoms with Gasteiger partial charge in [-0.15, -0.1) is 0 Å². The molecule has 0 spiro atoms. The molecular formula is C14H15N. The van der Waals surface area contributed by atoms with Crippen molar-refractivity contribution in [2.45, 2.75) is 25.7 Å². The zero-order valence-electron chi connectivity index (χ0n) is 8.79. The van der Waals surface area contributed by atoms with E-state index in [0.717, 1.165) is 17.7 Å². The second-order valence-electron chi connectivity index (χ2n) is 3.81. The number of hydrogen-bond donors (Lipinski definition) is 1. The van der Waals surface area contributed by atoms with Gasteiger partial charge in [-0.25, -0.2) is 0 Å². The van der Waals surface area contributed by atoms with Crippen molar-refractivity contribution in [1.82, 2.24) is 0 Å². The number of para-hydroxylation sites is 1. The van der Waals surface area contributed by atoms with Crippen molar-refractivity contribution < 1.29 is 0 Å². The molecular weight excluding hydrogens is 182 g/mol. The molecule has 0 saturated carbocycles. The number of benzene rings is 1. The zero-order chi connectivity index (χ0) is 10.5. The van der Waals surface area contributed by atoms with Gasteiger partial charge in [0.05, 0.1) is 0 Å². The van der Waals surface area contributed by atoms with Gasteiger partial charge in [0.25, 0.3) is 0 Å². The summed E-state index contributed by atoms with van der Waals surface area (Å²) in [5.41, 5.74) is 8.78. The predicted molar refractivity (Wildman–Crippen MR) is 64.3 cm³/mol. The number of allylic oxidation sites excluding steroid dienone is 2. The highest BCUT2D eigenvalue weighted by Gasteiger charge is 1.99. The van der Waals surface area contributed by atoms with E-state index in [1.165, 1.54) is 24.8 Å². The van der Waals surface area contributed by atoms with E-state index in [0.29, 0.717) is 0 Å². The van der Waals surface area contributed by atoms with E-state index in [2.05, 4.69) is 17.9 Å². The van der Waals surface area contributed by atoms with E-state index in [1.807, 2.05) is 24.3 Å². The second kappa shape index (κ2) is 4.70. The molecule has 1 aliphatic carbocycles. The Hall–Kier alpha value is -1.68. The van der Waals surface area contributed by atoms with Crippen LogP contribution in [-0.2, 0) is 0 Å². The first kappa shape index (κ1) is 9.86. The van der Waals surface area contributed by atoms with Gasteiger partial charge in [-0.2, -0.15) is 0 Å². The molecule has 1 heteroatoms. The lowest BCUT2D eigenvalue weighted by atomic mass is 10.00. The van der Waals surface area contributed by atoms with Crippen LogP contribution in [0.4, 0.5) is 5.69 Å². The summed E-state index contributed by atoms with van der Waals surface area (Å²) in [5.74, 6) is 6.35. The van der Waals surface area contributed by atoms with Crippen molar-refractivity contribution in [3.63, 3.8) is 0 Å².